The lowest BCUT2D eigenvalue weighted by Gasteiger charge is -2.09. The van der Waals surface area contributed by atoms with E-state index in [1.54, 1.807) is 7.11 Å². The smallest absolute Gasteiger partial charge is 0.227 e. The maximum Gasteiger partial charge on any atom is 0.227 e. The number of rotatable bonds is 3. The molecule has 0 atom stereocenters. The molecule has 3 rings (SSSR count). The summed E-state index contributed by atoms with van der Waals surface area (Å²) in [6, 6.07) is 7.71. The summed E-state index contributed by atoms with van der Waals surface area (Å²) < 4.78 is 5.28. The third-order valence-electron chi connectivity index (χ3n) is 2.92. The molecule has 0 unspecified atom stereocenters. The number of methoxy groups -OCH3 is 1. The Hall–Kier alpha value is -2.14. The van der Waals surface area contributed by atoms with Gasteiger partial charge in [-0.2, -0.15) is 0 Å². The van der Waals surface area contributed by atoms with E-state index in [0.717, 1.165) is 30.2 Å². The molecule has 0 radical (unpaired) electrons. The third-order valence-corrected chi connectivity index (χ3v) is 2.92. The highest BCUT2D eigenvalue weighted by Crippen LogP contribution is 2.26. The summed E-state index contributed by atoms with van der Waals surface area (Å²) in [5.74, 6) is 1.38. The fraction of sp³-hybridized carbons (Fsp3) is 0.231. The van der Waals surface area contributed by atoms with Gasteiger partial charge in [-0.25, -0.2) is 9.97 Å². The number of hydrogen-bond acceptors (Lipinski definition) is 5. The van der Waals surface area contributed by atoms with Crippen LogP contribution in [0.5, 0.6) is 5.75 Å². The Morgan fingerprint density at radius 3 is 3.06 bits per heavy atom. The van der Waals surface area contributed by atoms with Crippen molar-refractivity contribution in [1.29, 1.82) is 0 Å². The van der Waals surface area contributed by atoms with Crippen molar-refractivity contribution >= 4 is 11.6 Å². The van der Waals surface area contributed by atoms with Crippen LogP contribution < -0.4 is 15.4 Å². The second kappa shape index (κ2) is 4.62. The number of anilines is 2. The lowest BCUT2D eigenvalue weighted by Crippen LogP contribution is -2.02. The van der Waals surface area contributed by atoms with Gasteiger partial charge in [-0.05, 0) is 12.1 Å². The highest BCUT2D eigenvalue weighted by Gasteiger charge is 2.13. The monoisotopic (exact) mass is 242 g/mol. The predicted molar refractivity (Wildman–Crippen MR) is 68.9 cm³/mol. The molecule has 2 N–H and O–H groups in total. The molecule has 1 aromatic heterocycles. The molecule has 92 valence electrons. The van der Waals surface area contributed by atoms with E-state index in [2.05, 4.69) is 20.6 Å². The van der Waals surface area contributed by atoms with Gasteiger partial charge in [0.05, 0.1) is 18.5 Å². The Kier molecular flexibility index (Phi) is 2.82. The van der Waals surface area contributed by atoms with Crippen LogP contribution in [0.2, 0.25) is 0 Å². The molecular weight excluding hydrogens is 228 g/mol. The molecule has 0 spiro atoms. The van der Waals surface area contributed by atoms with Crippen molar-refractivity contribution < 1.29 is 4.74 Å². The van der Waals surface area contributed by atoms with Crippen LogP contribution in [0.25, 0.3) is 0 Å². The van der Waals surface area contributed by atoms with E-state index < -0.39 is 0 Å². The number of aromatic nitrogens is 2. The number of nitrogens with one attached hydrogen (secondary N) is 2. The second-order valence-electron chi connectivity index (χ2n) is 4.09. The van der Waals surface area contributed by atoms with Gasteiger partial charge in [0.2, 0.25) is 5.95 Å². The number of ether oxygens (including phenoxy) is 1. The first kappa shape index (κ1) is 11.0. The summed E-state index contributed by atoms with van der Waals surface area (Å²) in [4.78, 5) is 8.79. The molecule has 5 heteroatoms. The number of nitrogens with zero attached hydrogens (tertiary/aromatic N) is 2. The third kappa shape index (κ3) is 2.00. The maximum atomic E-state index is 5.28. The van der Waals surface area contributed by atoms with Crippen LogP contribution >= 0.6 is 0 Å². The van der Waals surface area contributed by atoms with Crippen molar-refractivity contribution in [3.63, 3.8) is 0 Å². The van der Waals surface area contributed by atoms with Gasteiger partial charge in [0, 0.05) is 24.8 Å². The minimum absolute atomic E-state index is 0.599. The zero-order chi connectivity index (χ0) is 12.4. The summed E-state index contributed by atoms with van der Waals surface area (Å²) in [6.45, 7) is 1.66. The van der Waals surface area contributed by atoms with Crippen LogP contribution in [0.3, 0.4) is 0 Å². The maximum absolute atomic E-state index is 5.28. The van der Waals surface area contributed by atoms with Crippen molar-refractivity contribution in [2.75, 3.05) is 12.4 Å². The largest absolute Gasteiger partial charge is 0.495 e. The van der Waals surface area contributed by atoms with Crippen molar-refractivity contribution in [3.05, 3.63) is 41.7 Å². The van der Waals surface area contributed by atoms with E-state index in [0.29, 0.717) is 5.95 Å². The fourth-order valence-corrected chi connectivity index (χ4v) is 1.99. The Morgan fingerprint density at radius 1 is 1.28 bits per heavy atom. The summed E-state index contributed by atoms with van der Waals surface area (Å²) in [5, 5.41) is 6.42. The zero-order valence-electron chi connectivity index (χ0n) is 10.1. The Morgan fingerprint density at radius 2 is 2.17 bits per heavy atom. The predicted octanol–water partition coefficient (Wildman–Crippen LogP) is 1.83. The molecule has 0 bridgehead atoms. The summed E-state index contributed by atoms with van der Waals surface area (Å²) in [5.41, 5.74) is 3.09. The highest BCUT2D eigenvalue weighted by atomic mass is 16.5. The van der Waals surface area contributed by atoms with E-state index in [4.69, 9.17) is 4.74 Å². The van der Waals surface area contributed by atoms with Gasteiger partial charge in [-0.15, -0.1) is 0 Å². The topological polar surface area (TPSA) is 59.1 Å². The van der Waals surface area contributed by atoms with Crippen LogP contribution in [-0.4, -0.2) is 17.1 Å². The van der Waals surface area contributed by atoms with Crippen molar-refractivity contribution in [1.82, 2.24) is 15.3 Å². The minimum Gasteiger partial charge on any atom is -0.495 e. The van der Waals surface area contributed by atoms with Gasteiger partial charge < -0.3 is 15.4 Å². The van der Waals surface area contributed by atoms with Crippen LogP contribution in [0.4, 0.5) is 11.6 Å². The van der Waals surface area contributed by atoms with Gasteiger partial charge >= 0.3 is 0 Å². The molecule has 1 aliphatic heterocycles. The van der Waals surface area contributed by atoms with E-state index in [1.807, 2.05) is 30.5 Å². The lowest BCUT2D eigenvalue weighted by molar-refractivity contribution is 0.417. The molecule has 0 aliphatic carbocycles. The molecular formula is C13H14N4O. The minimum atomic E-state index is 0.599. The standard InChI is InChI=1S/C13H14N4O/c1-18-12-5-3-2-4-10(12)16-13-15-7-9-6-14-8-11(9)17-13/h2-5,7,14H,6,8H2,1H3,(H,15,16,17). The zero-order valence-corrected chi connectivity index (χ0v) is 10.1. The van der Waals surface area contributed by atoms with Gasteiger partial charge in [0.15, 0.2) is 0 Å². The molecule has 0 saturated carbocycles. The average molecular weight is 242 g/mol. The SMILES string of the molecule is COc1ccccc1Nc1ncc2c(n1)CNC2. The number of hydrogen-bond donors (Lipinski definition) is 2. The van der Waals surface area contributed by atoms with Gasteiger partial charge in [0.1, 0.15) is 5.75 Å². The number of para-hydroxylation sites is 2. The summed E-state index contributed by atoms with van der Waals surface area (Å²) in [7, 11) is 1.65. The molecule has 1 aliphatic rings. The lowest BCUT2D eigenvalue weighted by atomic mass is 10.3. The van der Waals surface area contributed by atoms with Crippen LogP contribution in [0.1, 0.15) is 11.3 Å². The van der Waals surface area contributed by atoms with E-state index in [9.17, 15) is 0 Å². The molecule has 2 aromatic rings. The van der Waals surface area contributed by atoms with Crippen molar-refractivity contribution in [3.8, 4) is 5.75 Å². The van der Waals surface area contributed by atoms with Gasteiger partial charge in [-0.1, -0.05) is 12.1 Å². The van der Waals surface area contributed by atoms with E-state index in [1.165, 1.54) is 5.56 Å². The van der Waals surface area contributed by atoms with Crippen LogP contribution in [0.15, 0.2) is 30.5 Å². The first-order chi connectivity index (χ1) is 8.86. The normalized spacial score (nSPS) is 13.2. The molecule has 18 heavy (non-hydrogen) atoms. The molecule has 5 nitrogen and oxygen atoms in total. The molecule has 0 saturated heterocycles. The summed E-state index contributed by atoms with van der Waals surface area (Å²) >= 11 is 0. The van der Waals surface area contributed by atoms with Crippen molar-refractivity contribution in [2.24, 2.45) is 0 Å². The Balaban J connectivity index is 1.88. The van der Waals surface area contributed by atoms with E-state index in [-0.39, 0.29) is 0 Å². The Labute approximate surface area is 105 Å². The number of benzene rings is 1. The fourth-order valence-electron chi connectivity index (χ4n) is 1.99. The first-order valence-electron chi connectivity index (χ1n) is 5.82. The van der Waals surface area contributed by atoms with Crippen LogP contribution in [0, 0.1) is 0 Å². The highest BCUT2D eigenvalue weighted by molar-refractivity contribution is 5.62. The molecule has 1 aromatic carbocycles. The second-order valence-corrected chi connectivity index (χ2v) is 4.09. The molecule has 2 heterocycles. The van der Waals surface area contributed by atoms with Gasteiger partial charge in [0.25, 0.3) is 0 Å². The quantitative estimate of drug-likeness (QED) is 0.860. The average Bonchev–Trinajstić information content (AvgIpc) is 2.87. The summed E-state index contributed by atoms with van der Waals surface area (Å²) in [6.07, 6.45) is 1.86. The van der Waals surface area contributed by atoms with Crippen molar-refractivity contribution in [2.45, 2.75) is 13.1 Å². The number of fused-ring (bicyclic) bond motifs is 1. The molecule has 0 fully saturated rings. The van der Waals surface area contributed by atoms with Gasteiger partial charge in [-0.3, -0.25) is 0 Å². The van der Waals surface area contributed by atoms with E-state index >= 15 is 0 Å². The first-order valence-corrected chi connectivity index (χ1v) is 5.82. The van der Waals surface area contributed by atoms with Crippen LogP contribution in [-0.2, 0) is 13.1 Å². The Bertz CT molecular complexity index is 571. The molecule has 0 amide bonds.